The van der Waals surface area contributed by atoms with Crippen molar-refractivity contribution < 1.29 is 28.5 Å². The molecule has 0 bridgehead atoms. The van der Waals surface area contributed by atoms with Gasteiger partial charge in [0.05, 0.1) is 29.2 Å². The zero-order chi connectivity index (χ0) is 22.8. The summed E-state index contributed by atoms with van der Waals surface area (Å²) in [6, 6.07) is 17.6. The lowest BCUT2D eigenvalue weighted by atomic mass is 9.93. The van der Waals surface area contributed by atoms with Gasteiger partial charge in [0.15, 0.2) is 9.84 Å². The molecule has 3 N–H and O–H groups in total. The van der Waals surface area contributed by atoms with Crippen molar-refractivity contribution in [3.63, 3.8) is 0 Å². The topological polar surface area (TPSA) is 117 Å². The molecule has 8 heteroatoms. The number of aliphatic hydroxyl groups excluding tert-OH is 2. The Morgan fingerprint density at radius 2 is 1.68 bits per heavy atom. The lowest BCUT2D eigenvalue weighted by Gasteiger charge is -2.16. The van der Waals surface area contributed by atoms with Gasteiger partial charge >= 0.3 is 5.97 Å². The van der Waals surface area contributed by atoms with Crippen molar-refractivity contribution in [2.24, 2.45) is 0 Å². The molecule has 0 aliphatic carbocycles. The molecule has 0 saturated carbocycles. The van der Waals surface area contributed by atoms with Crippen LogP contribution < -0.4 is 0 Å². The Bertz CT molecular complexity index is 1170. The highest BCUT2D eigenvalue weighted by Gasteiger charge is 2.28. The third kappa shape index (κ3) is 4.87. The quantitative estimate of drug-likeness (QED) is 0.493. The minimum absolute atomic E-state index is 0.127. The van der Waals surface area contributed by atoms with Crippen LogP contribution >= 0.6 is 0 Å². The van der Waals surface area contributed by atoms with Gasteiger partial charge in [-0.2, -0.15) is 0 Å². The number of nitrogens with zero attached hydrogens (tertiary/aromatic N) is 1. The number of para-hydroxylation sites is 1. The zero-order valence-corrected chi connectivity index (χ0v) is 18.1. The number of aliphatic carboxylic acids is 1. The molecule has 7 nitrogen and oxygen atoms in total. The number of aliphatic hydroxyl groups is 2. The van der Waals surface area contributed by atoms with Crippen molar-refractivity contribution in [1.29, 1.82) is 0 Å². The van der Waals surface area contributed by atoms with Crippen LogP contribution in [0.15, 0.2) is 65.6 Å². The number of rotatable bonds is 8. The molecular formula is C23H25NO6S. The summed E-state index contributed by atoms with van der Waals surface area (Å²) in [5, 5.41) is 28.9. The smallest absolute Gasteiger partial charge is 0.311 e. The number of hydrogen-bond donors (Lipinski definition) is 3. The third-order valence-corrected chi connectivity index (χ3v) is 6.40. The molecule has 0 aliphatic rings. The number of carboxylic acid groups (broad SMARTS) is 1. The van der Waals surface area contributed by atoms with Gasteiger partial charge in [-0.25, -0.2) is 8.42 Å². The van der Waals surface area contributed by atoms with Crippen LogP contribution in [-0.4, -0.2) is 53.2 Å². The summed E-state index contributed by atoms with van der Waals surface area (Å²) in [6.07, 6.45) is -0.142. The Labute approximate surface area is 181 Å². The van der Waals surface area contributed by atoms with Crippen molar-refractivity contribution in [2.45, 2.75) is 30.3 Å². The van der Waals surface area contributed by atoms with E-state index in [1.165, 1.54) is 12.1 Å². The maximum Gasteiger partial charge on any atom is 0.311 e. The summed E-state index contributed by atoms with van der Waals surface area (Å²) in [4.78, 5) is 12.2. The number of benzene rings is 2. The van der Waals surface area contributed by atoms with Crippen LogP contribution in [0.4, 0.5) is 0 Å². The molecule has 0 amide bonds. The Morgan fingerprint density at radius 1 is 1.06 bits per heavy atom. The number of hydrogen-bond acceptors (Lipinski definition) is 5. The fourth-order valence-corrected chi connectivity index (χ4v) is 4.31. The van der Waals surface area contributed by atoms with E-state index in [0.29, 0.717) is 17.0 Å². The minimum atomic E-state index is -3.34. The molecule has 3 rings (SSSR count). The molecule has 0 spiro atoms. The average Bonchev–Trinajstić information content (AvgIpc) is 3.08. The lowest BCUT2D eigenvalue weighted by Crippen LogP contribution is -2.22. The number of carbonyl (C=O) groups is 1. The average molecular weight is 444 g/mol. The molecule has 31 heavy (non-hydrogen) atoms. The van der Waals surface area contributed by atoms with Crippen molar-refractivity contribution in [3.05, 3.63) is 71.9 Å². The Kier molecular flexibility index (Phi) is 6.64. The molecule has 0 radical (unpaired) electrons. The number of aromatic nitrogens is 1. The maximum absolute atomic E-state index is 12.0. The highest BCUT2D eigenvalue weighted by Crippen LogP contribution is 2.35. The van der Waals surface area contributed by atoms with Crippen molar-refractivity contribution in [2.75, 3.05) is 12.9 Å². The first-order valence-electron chi connectivity index (χ1n) is 9.73. The van der Waals surface area contributed by atoms with Crippen LogP contribution in [0.5, 0.6) is 0 Å². The van der Waals surface area contributed by atoms with Crippen molar-refractivity contribution in [1.82, 2.24) is 4.57 Å². The van der Waals surface area contributed by atoms with E-state index in [-0.39, 0.29) is 11.3 Å². The summed E-state index contributed by atoms with van der Waals surface area (Å²) in [6.45, 7) is 1.28. The van der Waals surface area contributed by atoms with Crippen LogP contribution in [0.25, 0.3) is 16.9 Å². The second kappa shape index (κ2) is 9.05. The molecular weight excluding hydrogens is 418 g/mol. The van der Waals surface area contributed by atoms with Crippen LogP contribution in [0.2, 0.25) is 0 Å². The van der Waals surface area contributed by atoms with E-state index in [2.05, 4.69) is 0 Å². The first-order chi connectivity index (χ1) is 14.6. The van der Waals surface area contributed by atoms with E-state index in [4.69, 9.17) is 0 Å². The summed E-state index contributed by atoms with van der Waals surface area (Å²) in [7, 11) is -3.34. The molecule has 164 valence electrons. The number of carboxylic acids is 1. The predicted molar refractivity (Wildman–Crippen MR) is 117 cm³/mol. The molecule has 2 aromatic carbocycles. The summed E-state index contributed by atoms with van der Waals surface area (Å²) in [5.41, 5.74) is 3.44. The van der Waals surface area contributed by atoms with Gasteiger partial charge in [0.2, 0.25) is 0 Å². The van der Waals surface area contributed by atoms with E-state index in [0.717, 1.165) is 17.5 Å². The summed E-state index contributed by atoms with van der Waals surface area (Å²) < 4.78 is 25.5. The van der Waals surface area contributed by atoms with E-state index in [1.54, 1.807) is 25.1 Å². The van der Waals surface area contributed by atoms with Gasteiger partial charge in [-0.05, 0) is 54.8 Å². The van der Waals surface area contributed by atoms with Gasteiger partial charge < -0.3 is 19.9 Å². The first-order valence-corrected chi connectivity index (χ1v) is 11.6. The molecule has 1 aromatic heterocycles. The van der Waals surface area contributed by atoms with Crippen LogP contribution in [-0.2, 0) is 14.6 Å². The van der Waals surface area contributed by atoms with Gasteiger partial charge in [0, 0.05) is 17.6 Å². The Balaban J connectivity index is 2.20. The summed E-state index contributed by atoms with van der Waals surface area (Å²) >= 11 is 0. The molecule has 3 aromatic rings. The second-order valence-corrected chi connectivity index (χ2v) is 9.52. The highest BCUT2D eigenvalue weighted by atomic mass is 32.2. The van der Waals surface area contributed by atoms with E-state index < -0.39 is 34.4 Å². The zero-order valence-electron chi connectivity index (χ0n) is 17.3. The van der Waals surface area contributed by atoms with Gasteiger partial charge in [0.1, 0.15) is 0 Å². The minimum Gasteiger partial charge on any atom is -0.481 e. The van der Waals surface area contributed by atoms with Crippen molar-refractivity contribution in [3.8, 4) is 16.9 Å². The fourth-order valence-electron chi connectivity index (χ4n) is 3.68. The lowest BCUT2D eigenvalue weighted by molar-refractivity contribution is -0.139. The monoisotopic (exact) mass is 443 g/mol. The van der Waals surface area contributed by atoms with Gasteiger partial charge in [0.25, 0.3) is 0 Å². The highest BCUT2D eigenvalue weighted by molar-refractivity contribution is 7.90. The van der Waals surface area contributed by atoms with Gasteiger partial charge in [-0.1, -0.05) is 30.3 Å². The van der Waals surface area contributed by atoms with Crippen LogP contribution in [0, 0.1) is 6.92 Å². The first kappa shape index (κ1) is 22.7. The second-order valence-electron chi connectivity index (χ2n) is 7.50. The molecule has 0 saturated heterocycles. The molecule has 0 aliphatic heterocycles. The van der Waals surface area contributed by atoms with Crippen LogP contribution in [0.1, 0.15) is 23.6 Å². The molecule has 0 fully saturated rings. The van der Waals surface area contributed by atoms with Crippen LogP contribution in [0.3, 0.4) is 0 Å². The Hall–Kier alpha value is -2.94. The standard InChI is InChI=1S/C23H25NO6S/c1-15-20(21(23(27)28)12-18(26)14-25)13-22(24(15)17-6-4-3-5-7-17)16-8-10-19(11-9-16)31(2,29)30/h3-11,13,18,21,25-26H,12,14H2,1-2H3,(H,27,28). The van der Waals surface area contributed by atoms with E-state index in [1.807, 2.05) is 34.9 Å². The normalized spacial score (nSPS) is 13.7. The fraction of sp³-hybridized carbons (Fsp3) is 0.261. The van der Waals surface area contributed by atoms with E-state index in [9.17, 15) is 28.5 Å². The summed E-state index contributed by atoms with van der Waals surface area (Å²) in [5.74, 6) is -2.11. The van der Waals surface area contributed by atoms with Gasteiger partial charge in [-0.15, -0.1) is 0 Å². The molecule has 2 atom stereocenters. The maximum atomic E-state index is 12.0. The Morgan fingerprint density at radius 3 is 2.19 bits per heavy atom. The largest absolute Gasteiger partial charge is 0.481 e. The van der Waals surface area contributed by atoms with E-state index >= 15 is 0 Å². The predicted octanol–water partition coefficient (Wildman–Crippen LogP) is 2.77. The van der Waals surface area contributed by atoms with Gasteiger partial charge in [-0.3, -0.25) is 4.79 Å². The third-order valence-electron chi connectivity index (χ3n) is 5.27. The molecule has 1 heterocycles. The number of sulfone groups is 1. The molecule has 2 unspecified atom stereocenters. The van der Waals surface area contributed by atoms with Crippen molar-refractivity contribution >= 4 is 15.8 Å². The SMILES string of the molecule is Cc1c(C(CC(O)CO)C(=O)O)cc(-c2ccc(S(C)(=O)=O)cc2)n1-c1ccccc1.